The van der Waals surface area contributed by atoms with Crippen LogP contribution in [0.25, 0.3) is 0 Å². The van der Waals surface area contributed by atoms with Crippen LogP contribution in [0.2, 0.25) is 0 Å². The average Bonchev–Trinajstić information content (AvgIpc) is 1.97. The molecule has 1 N–H and O–H groups in total. The van der Waals surface area contributed by atoms with E-state index in [9.17, 15) is 0 Å². The minimum atomic E-state index is 0.316. The maximum Gasteiger partial charge on any atom is 0.0466 e. The number of rotatable bonds is 7. The number of hydrogen-bond acceptors (Lipinski definition) is 2. The SMILES string of the molecule is [CH2]COCCCCCCO. The van der Waals surface area contributed by atoms with Crippen molar-refractivity contribution in [3.05, 3.63) is 6.92 Å². The van der Waals surface area contributed by atoms with Crippen molar-refractivity contribution < 1.29 is 9.84 Å². The Labute approximate surface area is 63.2 Å². The van der Waals surface area contributed by atoms with Crippen LogP contribution in [0.1, 0.15) is 25.7 Å². The molecule has 0 aliphatic heterocycles. The quantitative estimate of drug-likeness (QED) is 0.548. The molecule has 0 rings (SSSR count). The van der Waals surface area contributed by atoms with Gasteiger partial charge in [0.1, 0.15) is 0 Å². The van der Waals surface area contributed by atoms with Crippen LogP contribution in [-0.2, 0) is 4.74 Å². The maximum atomic E-state index is 8.43. The lowest BCUT2D eigenvalue weighted by Gasteiger charge is -1.99. The van der Waals surface area contributed by atoms with E-state index >= 15 is 0 Å². The van der Waals surface area contributed by atoms with Gasteiger partial charge in [-0.2, -0.15) is 0 Å². The van der Waals surface area contributed by atoms with Gasteiger partial charge in [-0.05, 0) is 19.8 Å². The first-order valence-corrected chi connectivity index (χ1v) is 3.89. The summed E-state index contributed by atoms with van der Waals surface area (Å²) in [6.07, 6.45) is 4.28. The van der Waals surface area contributed by atoms with Gasteiger partial charge < -0.3 is 9.84 Å². The molecule has 0 saturated heterocycles. The summed E-state index contributed by atoms with van der Waals surface area (Å²) in [4.78, 5) is 0. The van der Waals surface area contributed by atoms with Crippen molar-refractivity contribution >= 4 is 0 Å². The van der Waals surface area contributed by atoms with Crippen LogP contribution in [0.4, 0.5) is 0 Å². The summed E-state index contributed by atoms with van der Waals surface area (Å²) in [5, 5.41) is 8.43. The van der Waals surface area contributed by atoms with Crippen LogP contribution < -0.4 is 0 Å². The van der Waals surface area contributed by atoms with Gasteiger partial charge in [-0.15, -0.1) is 0 Å². The van der Waals surface area contributed by atoms with Crippen molar-refractivity contribution in [2.75, 3.05) is 19.8 Å². The highest BCUT2D eigenvalue weighted by Crippen LogP contribution is 1.98. The predicted molar refractivity (Wildman–Crippen MR) is 41.7 cm³/mol. The summed E-state index contributed by atoms with van der Waals surface area (Å²) >= 11 is 0. The number of aliphatic hydroxyl groups is 1. The molecule has 0 atom stereocenters. The van der Waals surface area contributed by atoms with E-state index in [1.807, 2.05) is 0 Å². The van der Waals surface area contributed by atoms with Crippen molar-refractivity contribution in [1.82, 2.24) is 0 Å². The molecule has 0 unspecified atom stereocenters. The van der Waals surface area contributed by atoms with E-state index in [1.54, 1.807) is 0 Å². The molecule has 0 spiro atoms. The molecule has 0 bridgehead atoms. The van der Waals surface area contributed by atoms with Crippen molar-refractivity contribution in [2.24, 2.45) is 0 Å². The molecule has 0 aliphatic carbocycles. The van der Waals surface area contributed by atoms with Crippen LogP contribution in [0, 0.1) is 6.92 Å². The molecule has 0 saturated carbocycles. The lowest BCUT2D eigenvalue weighted by Crippen LogP contribution is -1.93. The van der Waals surface area contributed by atoms with Gasteiger partial charge in [0.15, 0.2) is 0 Å². The van der Waals surface area contributed by atoms with E-state index in [4.69, 9.17) is 9.84 Å². The minimum Gasteiger partial charge on any atom is -0.396 e. The Hall–Kier alpha value is -0.0800. The number of ether oxygens (including phenoxy) is 1. The fraction of sp³-hybridized carbons (Fsp3) is 0.875. The number of hydrogen-bond donors (Lipinski definition) is 1. The number of unbranched alkanes of at least 4 members (excludes halogenated alkanes) is 3. The van der Waals surface area contributed by atoms with Crippen molar-refractivity contribution in [2.45, 2.75) is 25.7 Å². The van der Waals surface area contributed by atoms with Crippen molar-refractivity contribution in [3.63, 3.8) is 0 Å². The third-order valence-corrected chi connectivity index (χ3v) is 1.34. The minimum absolute atomic E-state index is 0.316. The average molecular weight is 145 g/mol. The molecule has 61 valence electrons. The Morgan fingerprint density at radius 2 is 1.80 bits per heavy atom. The van der Waals surface area contributed by atoms with Gasteiger partial charge in [-0.25, -0.2) is 0 Å². The monoisotopic (exact) mass is 145 g/mol. The van der Waals surface area contributed by atoms with Gasteiger partial charge >= 0.3 is 0 Å². The highest BCUT2D eigenvalue weighted by atomic mass is 16.5. The molecular formula is C8H17O2. The fourth-order valence-electron chi connectivity index (χ4n) is 0.772. The summed E-state index contributed by atoms with van der Waals surface area (Å²) < 4.78 is 5.04. The van der Waals surface area contributed by atoms with E-state index in [0.29, 0.717) is 13.2 Å². The summed E-state index contributed by atoms with van der Waals surface area (Å²) in [6, 6.07) is 0. The third-order valence-electron chi connectivity index (χ3n) is 1.34. The predicted octanol–water partition coefficient (Wildman–Crippen LogP) is 1.39. The summed E-state index contributed by atoms with van der Waals surface area (Å²) in [7, 11) is 0. The molecule has 0 aliphatic rings. The van der Waals surface area contributed by atoms with Crippen LogP contribution in [-0.4, -0.2) is 24.9 Å². The first-order chi connectivity index (χ1) is 4.91. The summed E-state index contributed by atoms with van der Waals surface area (Å²) in [5.41, 5.74) is 0. The highest BCUT2D eigenvalue weighted by Gasteiger charge is 1.87. The lowest BCUT2D eigenvalue weighted by atomic mass is 10.2. The van der Waals surface area contributed by atoms with Crippen molar-refractivity contribution in [3.8, 4) is 0 Å². The first kappa shape index (κ1) is 9.92. The standard InChI is InChI=1S/C8H17O2/c1-2-10-8-6-4-3-5-7-9/h9H,1-8H2. The molecule has 10 heavy (non-hydrogen) atoms. The van der Waals surface area contributed by atoms with Crippen LogP contribution >= 0.6 is 0 Å². The molecule has 0 amide bonds. The van der Waals surface area contributed by atoms with Gasteiger partial charge in [0.25, 0.3) is 0 Å². The van der Waals surface area contributed by atoms with E-state index in [-0.39, 0.29) is 0 Å². The van der Waals surface area contributed by atoms with Crippen LogP contribution in [0.3, 0.4) is 0 Å². The van der Waals surface area contributed by atoms with Gasteiger partial charge in [-0.3, -0.25) is 0 Å². The Bertz CT molecular complexity index is 47.2. The Morgan fingerprint density at radius 3 is 2.40 bits per heavy atom. The molecule has 2 nitrogen and oxygen atoms in total. The normalized spacial score (nSPS) is 10.2. The zero-order chi connectivity index (χ0) is 7.66. The van der Waals surface area contributed by atoms with Crippen molar-refractivity contribution in [1.29, 1.82) is 0 Å². The molecule has 0 heterocycles. The third kappa shape index (κ3) is 7.92. The highest BCUT2D eigenvalue weighted by molar-refractivity contribution is 4.41. The Morgan fingerprint density at radius 1 is 1.10 bits per heavy atom. The Kier molecular flexibility index (Phi) is 8.85. The second-order valence-electron chi connectivity index (χ2n) is 2.25. The largest absolute Gasteiger partial charge is 0.396 e. The summed E-state index contributed by atoms with van der Waals surface area (Å²) in [5.74, 6) is 0. The Balaban J connectivity index is 2.65. The molecule has 1 radical (unpaired) electrons. The topological polar surface area (TPSA) is 29.5 Å². The molecule has 2 heteroatoms. The second kappa shape index (κ2) is 8.92. The molecule has 0 fully saturated rings. The van der Waals surface area contributed by atoms with E-state index in [0.717, 1.165) is 32.3 Å². The fourth-order valence-corrected chi connectivity index (χ4v) is 0.772. The zero-order valence-corrected chi connectivity index (χ0v) is 6.51. The van der Waals surface area contributed by atoms with Gasteiger partial charge in [0, 0.05) is 19.8 Å². The first-order valence-electron chi connectivity index (χ1n) is 3.89. The molecule has 0 aromatic rings. The zero-order valence-electron chi connectivity index (χ0n) is 6.51. The van der Waals surface area contributed by atoms with Crippen LogP contribution in [0.5, 0.6) is 0 Å². The van der Waals surface area contributed by atoms with Gasteiger partial charge in [0.05, 0.1) is 0 Å². The van der Waals surface area contributed by atoms with E-state index in [1.165, 1.54) is 0 Å². The molecule has 0 aromatic heterocycles. The van der Waals surface area contributed by atoms with E-state index < -0.39 is 0 Å². The van der Waals surface area contributed by atoms with Crippen LogP contribution in [0.15, 0.2) is 0 Å². The summed E-state index contributed by atoms with van der Waals surface area (Å²) in [6.45, 7) is 5.26. The molecular weight excluding hydrogens is 128 g/mol. The molecule has 0 aromatic carbocycles. The number of aliphatic hydroxyl groups excluding tert-OH is 1. The van der Waals surface area contributed by atoms with Gasteiger partial charge in [0.2, 0.25) is 0 Å². The van der Waals surface area contributed by atoms with E-state index in [2.05, 4.69) is 6.92 Å². The lowest BCUT2D eigenvalue weighted by molar-refractivity contribution is 0.155. The maximum absolute atomic E-state index is 8.43. The smallest absolute Gasteiger partial charge is 0.0466 e. The second-order valence-corrected chi connectivity index (χ2v) is 2.25. The van der Waals surface area contributed by atoms with Gasteiger partial charge in [-0.1, -0.05) is 12.8 Å².